The summed E-state index contributed by atoms with van der Waals surface area (Å²) in [7, 11) is -3.81. The summed E-state index contributed by atoms with van der Waals surface area (Å²) in [5.74, 6) is 0.241. The van der Waals surface area contributed by atoms with E-state index in [1.807, 2.05) is 0 Å². The van der Waals surface area contributed by atoms with Crippen LogP contribution in [0.2, 0.25) is 0 Å². The summed E-state index contributed by atoms with van der Waals surface area (Å²) in [6, 6.07) is 13.7. The van der Waals surface area contributed by atoms with Gasteiger partial charge in [-0.1, -0.05) is 12.1 Å². The molecule has 3 rings (SSSR count). The molecule has 3 N–H and O–H groups in total. The summed E-state index contributed by atoms with van der Waals surface area (Å²) in [5, 5.41) is 5.80. The van der Waals surface area contributed by atoms with Crippen molar-refractivity contribution in [1.29, 1.82) is 0 Å². The number of halogens is 1. The summed E-state index contributed by atoms with van der Waals surface area (Å²) in [6.07, 6.45) is 0. The van der Waals surface area contributed by atoms with E-state index >= 15 is 0 Å². The molecular formula is C19H18FN5O2S2. The molecule has 150 valence electrons. The Morgan fingerprint density at radius 3 is 2.34 bits per heavy atom. The molecule has 3 aromatic rings. The van der Waals surface area contributed by atoms with Crippen LogP contribution in [0, 0.1) is 19.7 Å². The highest BCUT2D eigenvalue weighted by Gasteiger charge is 2.15. The maximum atomic E-state index is 13.7. The monoisotopic (exact) mass is 431 g/mol. The van der Waals surface area contributed by atoms with Crippen molar-refractivity contribution < 1.29 is 12.8 Å². The number of aryl methyl sites for hydroxylation is 2. The van der Waals surface area contributed by atoms with Crippen LogP contribution in [0.4, 0.5) is 21.6 Å². The van der Waals surface area contributed by atoms with Crippen molar-refractivity contribution in [3.63, 3.8) is 0 Å². The zero-order chi connectivity index (χ0) is 21.0. The molecule has 29 heavy (non-hydrogen) atoms. The van der Waals surface area contributed by atoms with E-state index in [9.17, 15) is 12.8 Å². The Hall–Kier alpha value is -3.11. The van der Waals surface area contributed by atoms with Crippen LogP contribution in [0.25, 0.3) is 0 Å². The van der Waals surface area contributed by atoms with Gasteiger partial charge in [0.1, 0.15) is 17.5 Å². The van der Waals surface area contributed by atoms with E-state index in [-0.39, 0.29) is 21.5 Å². The Balaban J connectivity index is 1.69. The molecule has 0 aliphatic heterocycles. The number of benzene rings is 2. The second-order valence-corrected chi connectivity index (χ2v) is 8.22. The first-order chi connectivity index (χ1) is 13.7. The fourth-order valence-electron chi connectivity index (χ4n) is 2.53. The van der Waals surface area contributed by atoms with Crippen molar-refractivity contribution in [3.05, 3.63) is 71.9 Å². The third-order valence-electron chi connectivity index (χ3n) is 3.75. The van der Waals surface area contributed by atoms with Crippen LogP contribution >= 0.6 is 12.2 Å². The number of hydrogen-bond acceptors (Lipinski definition) is 5. The van der Waals surface area contributed by atoms with Gasteiger partial charge < -0.3 is 10.6 Å². The van der Waals surface area contributed by atoms with Gasteiger partial charge in [0.15, 0.2) is 5.11 Å². The van der Waals surface area contributed by atoms with Crippen LogP contribution in [0.1, 0.15) is 11.5 Å². The Bertz CT molecular complexity index is 1130. The van der Waals surface area contributed by atoms with Crippen molar-refractivity contribution in [2.45, 2.75) is 18.7 Å². The second kappa shape index (κ2) is 8.50. The molecule has 0 amide bonds. The summed E-state index contributed by atoms with van der Waals surface area (Å²) < 4.78 is 41.2. The highest BCUT2D eigenvalue weighted by molar-refractivity contribution is 7.92. The molecule has 2 aromatic carbocycles. The summed E-state index contributed by atoms with van der Waals surface area (Å²) >= 11 is 5.16. The standard InChI is InChI=1S/C19H18FN5O2S2/c1-12-11-18(22-13(2)21-12)25-29(26,27)15-9-7-14(8-10-15)23-19(28)24-17-6-4-3-5-16(17)20/h3-11H,1-2H3,(H,21,22,25)(H2,23,24,28). The van der Waals surface area contributed by atoms with Crippen LogP contribution in [0.15, 0.2) is 59.5 Å². The van der Waals surface area contributed by atoms with Gasteiger partial charge in [-0.15, -0.1) is 0 Å². The van der Waals surface area contributed by atoms with Gasteiger partial charge in [-0.05, 0) is 62.5 Å². The predicted molar refractivity (Wildman–Crippen MR) is 115 cm³/mol. The van der Waals surface area contributed by atoms with Crippen LogP contribution in [0.3, 0.4) is 0 Å². The highest BCUT2D eigenvalue weighted by Crippen LogP contribution is 2.18. The number of rotatable bonds is 5. The first kappa shape index (κ1) is 20.6. The molecule has 0 saturated carbocycles. The molecule has 1 aromatic heterocycles. The molecule has 0 aliphatic carbocycles. The lowest BCUT2D eigenvalue weighted by atomic mass is 10.3. The number of aromatic nitrogens is 2. The topological polar surface area (TPSA) is 96.0 Å². The third-order valence-corrected chi connectivity index (χ3v) is 5.32. The summed E-state index contributed by atoms with van der Waals surface area (Å²) in [6.45, 7) is 3.44. The Morgan fingerprint density at radius 2 is 1.69 bits per heavy atom. The zero-order valence-electron chi connectivity index (χ0n) is 15.6. The van der Waals surface area contributed by atoms with Crippen molar-refractivity contribution in [2.75, 3.05) is 15.4 Å². The average Bonchev–Trinajstić information content (AvgIpc) is 2.63. The lowest BCUT2D eigenvalue weighted by Gasteiger charge is -2.12. The quantitative estimate of drug-likeness (QED) is 0.528. The lowest BCUT2D eigenvalue weighted by molar-refractivity contribution is 0.601. The molecular weight excluding hydrogens is 413 g/mol. The zero-order valence-corrected chi connectivity index (χ0v) is 17.2. The van der Waals surface area contributed by atoms with E-state index < -0.39 is 15.8 Å². The van der Waals surface area contributed by atoms with Gasteiger partial charge in [-0.25, -0.2) is 22.8 Å². The van der Waals surface area contributed by atoms with Crippen LogP contribution in [0.5, 0.6) is 0 Å². The average molecular weight is 432 g/mol. The van der Waals surface area contributed by atoms with E-state index in [4.69, 9.17) is 12.2 Å². The number of nitrogens with zero attached hydrogens (tertiary/aromatic N) is 2. The first-order valence-electron chi connectivity index (χ1n) is 8.51. The maximum absolute atomic E-state index is 13.7. The molecule has 0 saturated heterocycles. The molecule has 10 heteroatoms. The molecule has 0 unspecified atom stereocenters. The van der Waals surface area contributed by atoms with Gasteiger partial charge in [-0.2, -0.15) is 0 Å². The molecule has 0 spiro atoms. The fraction of sp³-hybridized carbons (Fsp3) is 0.105. The third kappa shape index (κ3) is 5.46. The molecule has 0 bridgehead atoms. The van der Waals surface area contributed by atoms with Crippen molar-refractivity contribution >= 4 is 44.5 Å². The van der Waals surface area contributed by atoms with Crippen molar-refractivity contribution in [3.8, 4) is 0 Å². The van der Waals surface area contributed by atoms with E-state index in [2.05, 4.69) is 25.3 Å². The number of anilines is 3. The first-order valence-corrected chi connectivity index (χ1v) is 10.4. The van der Waals surface area contributed by atoms with Crippen LogP contribution in [-0.4, -0.2) is 23.5 Å². The lowest BCUT2D eigenvalue weighted by Crippen LogP contribution is -2.20. The van der Waals surface area contributed by atoms with Gasteiger partial charge >= 0.3 is 0 Å². The molecule has 0 aliphatic rings. The van der Waals surface area contributed by atoms with Gasteiger partial charge in [0.05, 0.1) is 10.6 Å². The highest BCUT2D eigenvalue weighted by atomic mass is 32.2. The van der Waals surface area contributed by atoms with Gasteiger partial charge in [-0.3, -0.25) is 4.72 Å². The van der Waals surface area contributed by atoms with Crippen LogP contribution < -0.4 is 15.4 Å². The Labute approximate surface area is 173 Å². The predicted octanol–water partition coefficient (Wildman–Crippen LogP) is 3.84. The van der Waals surface area contributed by atoms with Gasteiger partial charge in [0.2, 0.25) is 0 Å². The smallest absolute Gasteiger partial charge is 0.263 e. The fourth-order valence-corrected chi connectivity index (χ4v) is 3.75. The molecule has 0 fully saturated rings. The summed E-state index contributed by atoms with van der Waals surface area (Å²) in [5.41, 5.74) is 1.45. The maximum Gasteiger partial charge on any atom is 0.263 e. The number of hydrogen-bond donors (Lipinski definition) is 3. The minimum absolute atomic E-state index is 0.0601. The molecule has 7 nitrogen and oxygen atoms in total. The van der Waals surface area contributed by atoms with E-state index in [0.717, 1.165) is 0 Å². The van der Waals surface area contributed by atoms with Gasteiger partial charge in [0.25, 0.3) is 10.0 Å². The SMILES string of the molecule is Cc1cc(NS(=O)(=O)c2ccc(NC(=S)Nc3ccccc3F)cc2)nc(C)n1. The molecule has 0 radical (unpaired) electrons. The minimum Gasteiger partial charge on any atom is -0.332 e. The van der Waals surface area contributed by atoms with E-state index in [1.54, 1.807) is 50.2 Å². The van der Waals surface area contributed by atoms with E-state index in [1.165, 1.54) is 18.2 Å². The Kier molecular flexibility index (Phi) is 6.04. The van der Waals surface area contributed by atoms with E-state index in [0.29, 0.717) is 17.2 Å². The minimum atomic E-state index is -3.81. The number of para-hydroxylation sites is 1. The van der Waals surface area contributed by atoms with Crippen molar-refractivity contribution in [1.82, 2.24) is 9.97 Å². The molecule has 1 heterocycles. The second-order valence-electron chi connectivity index (χ2n) is 6.13. The van der Waals surface area contributed by atoms with Crippen LogP contribution in [-0.2, 0) is 10.0 Å². The number of nitrogens with one attached hydrogen (secondary N) is 3. The number of thiocarbonyl (C=S) groups is 1. The van der Waals surface area contributed by atoms with Crippen molar-refractivity contribution in [2.24, 2.45) is 0 Å². The molecule has 0 atom stereocenters. The normalized spacial score (nSPS) is 11.0. The Morgan fingerprint density at radius 1 is 1.00 bits per heavy atom. The van der Waals surface area contributed by atoms with Gasteiger partial charge in [0, 0.05) is 17.4 Å². The number of sulfonamides is 1. The largest absolute Gasteiger partial charge is 0.332 e. The summed E-state index contributed by atoms with van der Waals surface area (Å²) in [4.78, 5) is 8.25.